The van der Waals surface area contributed by atoms with E-state index in [9.17, 15) is 4.39 Å². The summed E-state index contributed by atoms with van der Waals surface area (Å²) in [6.07, 6.45) is 3.49. The molecule has 25 heavy (non-hydrogen) atoms. The van der Waals surface area contributed by atoms with E-state index in [1.807, 2.05) is 60.0 Å². The fourth-order valence-corrected chi connectivity index (χ4v) is 3.19. The van der Waals surface area contributed by atoms with Crippen molar-refractivity contribution in [1.29, 1.82) is 0 Å². The molecule has 1 unspecified atom stereocenters. The lowest BCUT2D eigenvalue weighted by molar-refractivity contribution is 0.242. The molecule has 1 atom stereocenters. The highest BCUT2D eigenvalue weighted by Gasteiger charge is 2.23. The van der Waals surface area contributed by atoms with Gasteiger partial charge in [0.2, 0.25) is 0 Å². The van der Waals surface area contributed by atoms with Gasteiger partial charge < -0.3 is 9.64 Å². The number of aromatic nitrogens is 3. The van der Waals surface area contributed by atoms with Crippen molar-refractivity contribution in [2.45, 2.75) is 32.5 Å². The Balaban J connectivity index is 1.71. The van der Waals surface area contributed by atoms with Crippen LogP contribution in [0.3, 0.4) is 0 Å². The lowest BCUT2D eigenvalue weighted by Crippen LogP contribution is -2.21. The highest BCUT2D eigenvalue weighted by Crippen LogP contribution is 2.26. The summed E-state index contributed by atoms with van der Waals surface area (Å²) in [6, 6.07) is 9.83. The second-order valence-corrected chi connectivity index (χ2v) is 6.65. The molecule has 4 rings (SSSR count). The molecule has 1 saturated heterocycles. The van der Waals surface area contributed by atoms with E-state index in [4.69, 9.17) is 4.74 Å². The zero-order chi connectivity index (χ0) is 17.4. The van der Waals surface area contributed by atoms with Gasteiger partial charge in [-0.1, -0.05) is 0 Å². The Kier molecular flexibility index (Phi) is 4.03. The van der Waals surface area contributed by atoms with Crippen LogP contribution in [-0.4, -0.2) is 40.1 Å². The minimum atomic E-state index is -0.772. The summed E-state index contributed by atoms with van der Waals surface area (Å²) in [6.45, 7) is 5.11. The first-order valence-corrected chi connectivity index (χ1v) is 8.60. The lowest BCUT2D eigenvalue weighted by atomic mass is 10.2. The smallest absolute Gasteiger partial charge is 0.130 e. The Morgan fingerprint density at radius 3 is 2.88 bits per heavy atom. The van der Waals surface area contributed by atoms with E-state index in [1.54, 1.807) is 6.20 Å². The number of hydrogen-bond donors (Lipinski definition) is 0. The first kappa shape index (κ1) is 15.9. The number of anilines is 1. The molecule has 0 saturated carbocycles. The Labute approximate surface area is 146 Å². The molecular weight excluding hydrogens is 319 g/mol. The molecule has 130 valence electrons. The van der Waals surface area contributed by atoms with Crippen LogP contribution in [0.5, 0.6) is 5.75 Å². The van der Waals surface area contributed by atoms with Gasteiger partial charge in [-0.25, -0.2) is 14.1 Å². The highest BCUT2D eigenvalue weighted by atomic mass is 19.1. The second-order valence-electron chi connectivity index (χ2n) is 6.65. The number of alkyl halides is 1. The molecule has 1 aliphatic heterocycles. The third kappa shape index (κ3) is 3.16. The van der Waals surface area contributed by atoms with Crippen molar-refractivity contribution in [3.05, 3.63) is 42.7 Å². The van der Waals surface area contributed by atoms with E-state index < -0.39 is 6.17 Å². The Morgan fingerprint density at radius 1 is 1.24 bits per heavy atom. The quantitative estimate of drug-likeness (QED) is 0.725. The summed E-state index contributed by atoms with van der Waals surface area (Å²) >= 11 is 0. The van der Waals surface area contributed by atoms with Gasteiger partial charge in [0.1, 0.15) is 17.7 Å². The van der Waals surface area contributed by atoms with Gasteiger partial charge in [-0.3, -0.25) is 0 Å². The van der Waals surface area contributed by atoms with Crippen LogP contribution in [0.1, 0.15) is 20.3 Å². The summed E-state index contributed by atoms with van der Waals surface area (Å²) in [4.78, 5) is 6.38. The molecule has 0 aliphatic carbocycles. The number of rotatable bonds is 4. The molecule has 1 aromatic carbocycles. The standard InChI is InChI=1S/C19H21FN4O/c1-13(2)25-17-4-3-14-11-22-24(18(14)10-17)16-5-7-21-19(9-16)23-8-6-15(20)12-23/h3-5,7,9-11,13,15H,6,8,12H2,1-2H3. The maximum absolute atomic E-state index is 13.5. The normalized spacial score (nSPS) is 17.6. The van der Waals surface area contributed by atoms with Gasteiger partial charge in [-0.15, -0.1) is 0 Å². The van der Waals surface area contributed by atoms with Gasteiger partial charge in [0.05, 0.1) is 30.0 Å². The van der Waals surface area contributed by atoms with Crippen molar-refractivity contribution in [2.24, 2.45) is 0 Å². The van der Waals surface area contributed by atoms with Crippen molar-refractivity contribution < 1.29 is 9.13 Å². The van der Waals surface area contributed by atoms with Crippen molar-refractivity contribution >= 4 is 16.7 Å². The van der Waals surface area contributed by atoms with E-state index in [1.165, 1.54) is 0 Å². The van der Waals surface area contributed by atoms with E-state index in [-0.39, 0.29) is 6.10 Å². The van der Waals surface area contributed by atoms with Gasteiger partial charge in [-0.05, 0) is 38.5 Å². The second kappa shape index (κ2) is 6.35. The SMILES string of the molecule is CC(C)Oc1ccc2cnn(-c3ccnc(N4CCC(F)C4)c3)c2c1. The van der Waals surface area contributed by atoms with Crippen molar-refractivity contribution in [3.63, 3.8) is 0 Å². The van der Waals surface area contributed by atoms with E-state index in [2.05, 4.69) is 10.1 Å². The van der Waals surface area contributed by atoms with E-state index in [0.717, 1.165) is 28.2 Å². The molecule has 1 fully saturated rings. The molecular formula is C19H21FN4O. The van der Waals surface area contributed by atoms with Crippen LogP contribution in [0.15, 0.2) is 42.7 Å². The van der Waals surface area contributed by atoms with Crippen molar-refractivity contribution in [3.8, 4) is 11.4 Å². The Hall–Kier alpha value is -2.63. The predicted octanol–water partition coefficient (Wildman–Crippen LogP) is 3.76. The summed E-state index contributed by atoms with van der Waals surface area (Å²) in [5, 5.41) is 5.55. The van der Waals surface area contributed by atoms with Gasteiger partial charge in [0.25, 0.3) is 0 Å². The zero-order valence-corrected chi connectivity index (χ0v) is 14.4. The van der Waals surface area contributed by atoms with E-state index >= 15 is 0 Å². The zero-order valence-electron chi connectivity index (χ0n) is 14.4. The first-order valence-electron chi connectivity index (χ1n) is 8.60. The molecule has 1 aliphatic rings. The number of hydrogen-bond acceptors (Lipinski definition) is 4. The molecule has 0 N–H and O–H groups in total. The fourth-order valence-electron chi connectivity index (χ4n) is 3.19. The fraction of sp³-hybridized carbons (Fsp3) is 0.368. The molecule has 0 amide bonds. The molecule has 3 aromatic rings. The number of fused-ring (bicyclic) bond motifs is 1. The van der Waals surface area contributed by atoms with Gasteiger partial charge >= 0.3 is 0 Å². The lowest BCUT2D eigenvalue weighted by Gasteiger charge is -2.17. The third-order valence-electron chi connectivity index (χ3n) is 4.34. The van der Waals surface area contributed by atoms with E-state index in [0.29, 0.717) is 19.5 Å². The topological polar surface area (TPSA) is 43.2 Å². The molecule has 3 heterocycles. The first-order chi connectivity index (χ1) is 12.1. The number of benzene rings is 1. The van der Waals surface area contributed by atoms with Crippen LogP contribution in [-0.2, 0) is 0 Å². The van der Waals surface area contributed by atoms with Crippen molar-refractivity contribution in [1.82, 2.24) is 14.8 Å². The van der Waals surface area contributed by atoms with Crippen LogP contribution in [0, 0.1) is 0 Å². The highest BCUT2D eigenvalue weighted by molar-refractivity contribution is 5.81. The molecule has 0 bridgehead atoms. The Morgan fingerprint density at radius 2 is 2.12 bits per heavy atom. The van der Waals surface area contributed by atoms with Crippen LogP contribution in [0.2, 0.25) is 0 Å². The average Bonchev–Trinajstić information content (AvgIpc) is 3.20. The molecule has 0 radical (unpaired) electrons. The minimum absolute atomic E-state index is 0.116. The number of ether oxygens (including phenoxy) is 1. The molecule has 2 aromatic heterocycles. The number of nitrogens with zero attached hydrogens (tertiary/aromatic N) is 4. The van der Waals surface area contributed by atoms with Crippen molar-refractivity contribution in [2.75, 3.05) is 18.0 Å². The Bertz CT molecular complexity index is 892. The number of pyridine rings is 1. The maximum atomic E-state index is 13.5. The third-order valence-corrected chi connectivity index (χ3v) is 4.34. The van der Waals surface area contributed by atoms with Gasteiger partial charge in [-0.2, -0.15) is 5.10 Å². The van der Waals surface area contributed by atoms with Crippen LogP contribution in [0.4, 0.5) is 10.2 Å². The molecule has 5 nitrogen and oxygen atoms in total. The van der Waals surface area contributed by atoms with Gasteiger partial charge in [0, 0.05) is 30.3 Å². The summed E-state index contributed by atoms with van der Waals surface area (Å²) in [5.41, 5.74) is 1.88. The average molecular weight is 340 g/mol. The predicted molar refractivity (Wildman–Crippen MR) is 96.4 cm³/mol. The van der Waals surface area contributed by atoms with Crippen LogP contribution >= 0.6 is 0 Å². The minimum Gasteiger partial charge on any atom is -0.491 e. The van der Waals surface area contributed by atoms with Crippen LogP contribution in [0.25, 0.3) is 16.6 Å². The summed E-state index contributed by atoms with van der Waals surface area (Å²) < 4.78 is 21.2. The van der Waals surface area contributed by atoms with Crippen LogP contribution < -0.4 is 9.64 Å². The molecule has 6 heteroatoms. The largest absolute Gasteiger partial charge is 0.491 e. The monoisotopic (exact) mass is 340 g/mol. The molecule has 0 spiro atoms. The van der Waals surface area contributed by atoms with Gasteiger partial charge in [0.15, 0.2) is 0 Å². The summed E-state index contributed by atoms with van der Waals surface area (Å²) in [7, 11) is 0. The maximum Gasteiger partial charge on any atom is 0.130 e. The number of halogens is 1. The summed E-state index contributed by atoms with van der Waals surface area (Å²) in [5.74, 6) is 1.61.